The molecule has 3 nitrogen and oxygen atoms in total. The number of carboxylic acid groups (broad SMARTS) is 1. The van der Waals surface area contributed by atoms with Gasteiger partial charge in [-0.25, -0.2) is 4.79 Å². The van der Waals surface area contributed by atoms with E-state index in [1.165, 1.54) is 0 Å². The summed E-state index contributed by atoms with van der Waals surface area (Å²) < 4.78 is 0. The molecule has 0 aromatic carbocycles. The molecule has 0 saturated carbocycles. The van der Waals surface area contributed by atoms with Crippen LogP contribution < -0.4 is 0 Å². The van der Waals surface area contributed by atoms with Crippen molar-refractivity contribution in [3.8, 4) is 0 Å². The van der Waals surface area contributed by atoms with Gasteiger partial charge in [-0.2, -0.15) is 12.6 Å². The molecule has 0 rings (SSSR count). The lowest BCUT2D eigenvalue weighted by Crippen LogP contribution is -2.18. The van der Waals surface area contributed by atoms with Gasteiger partial charge in [-0.1, -0.05) is 0 Å². The van der Waals surface area contributed by atoms with Crippen molar-refractivity contribution >= 4 is 25.3 Å². The number of hydrogen-bond donors (Lipinski definition) is 2. The summed E-state index contributed by atoms with van der Waals surface area (Å²) in [4.78, 5) is 13.3. The predicted octanol–water partition coefficient (Wildman–Crippen LogP) is 0.0700. The molecule has 1 N–H and O–H groups in total. The van der Waals surface area contributed by atoms with E-state index in [0.29, 0.717) is 0 Å². The fraction of sp³-hybridized carbons (Fsp3) is 0.500. The third kappa shape index (κ3) is 1.97. The molecule has 0 aliphatic rings. The van der Waals surface area contributed by atoms with E-state index in [9.17, 15) is 4.79 Å². The number of thiol groups is 1. The number of aliphatic imine (C=N–C) groups is 1. The zero-order valence-corrected chi connectivity index (χ0v) is 5.14. The van der Waals surface area contributed by atoms with Crippen molar-refractivity contribution in [3.63, 3.8) is 0 Å². The predicted molar refractivity (Wildman–Crippen MR) is 34.8 cm³/mol. The molecule has 0 aliphatic heterocycles. The van der Waals surface area contributed by atoms with Crippen LogP contribution in [0.15, 0.2) is 4.99 Å². The number of carboxylic acids is 1. The topological polar surface area (TPSA) is 49.7 Å². The summed E-state index contributed by atoms with van der Waals surface area (Å²) in [5, 5.41) is 8.19. The molecule has 8 heavy (non-hydrogen) atoms. The summed E-state index contributed by atoms with van der Waals surface area (Å²) in [6.45, 7) is 3.07. The van der Waals surface area contributed by atoms with Gasteiger partial charge in [-0.15, -0.1) is 0 Å². The average Bonchev–Trinajstić information content (AvgIpc) is 1.69. The first-order valence-corrected chi connectivity index (χ1v) is 2.65. The van der Waals surface area contributed by atoms with Crippen LogP contribution in [0.4, 0.5) is 0 Å². The van der Waals surface area contributed by atoms with Gasteiger partial charge in [0.15, 0.2) is 6.04 Å². The van der Waals surface area contributed by atoms with Gasteiger partial charge in [0, 0.05) is 5.75 Å². The second-order valence-electron chi connectivity index (χ2n) is 1.22. The highest BCUT2D eigenvalue weighted by Gasteiger charge is 2.10. The summed E-state index contributed by atoms with van der Waals surface area (Å²) in [5.74, 6) is -0.770. The molecule has 0 amide bonds. The Balaban J connectivity index is 3.69. The van der Waals surface area contributed by atoms with Gasteiger partial charge in [-0.3, -0.25) is 4.99 Å². The normalized spacial score (nSPS) is 12.6. The molecule has 0 fully saturated rings. The first-order valence-electron chi connectivity index (χ1n) is 2.02. The second kappa shape index (κ2) is 3.49. The van der Waals surface area contributed by atoms with Crippen LogP contribution >= 0.6 is 12.6 Å². The minimum atomic E-state index is -0.977. The van der Waals surface area contributed by atoms with Crippen LogP contribution in [0.25, 0.3) is 0 Å². The van der Waals surface area contributed by atoms with Gasteiger partial charge < -0.3 is 5.11 Å². The van der Waals surface area contributed by atoms with E-state index in [1.54, 1.807) is 0 Å². The molecule has 0 aromatic rings. The Hall–Kier alpha value is -0.510. The van der Waals surface area contributed by atoms with Crippen molar-refractivity contribution in [2.45, 2.75) is 6.04 Å². The summed E-state index contributed by atoms with van der Waals surface area (Å²) in [5.41, 5.74) is 0. The smallest absolute Gasteiger partial charge is 0.329 e. The summed E-state index contributed by atoms with van der Waals surface area (Å²) >= 11 is 3.72. The van der Waals surface area contributed by atoms with E-state index in [0.717, 1.165) is 0 Å². The lowest BCUT2D eigenvalue weighted by atomic mass is 10.4. The zero-order chi connectivity index (χ0) is 6.57. The number of rotatable bonds is 3. The van der Waals surface area contributed by atoms with Crippen LogP contribution in [-0.2, 0) is 4.79 Å². The average molecular weight is 133 g/mol. The monoisotopic (exact) mass is 133 g/mol. The summed E-state index contributed by atoms with van der Waals surface area (Å²) in [6.07, 6.45) is 0. The van der Waals surface area contributed by atoms with Crippen molar-refractivity contribution in [2.24, 2.45) is 4.99 Å². The maximum absolute atomic E-state index is 9.98. The largest absolute Gasteiger partial charge is 0.480 e. The first kappa shape index (κ1) is 7.49. The van der Waals surface area contributed by atoms with Crippen LogP contribution in [-0.4, -0.2) is 29.6 Å². The van der Waals surface area contributed by atoms with Gasteiger partial charge >= 0.3 is 5.97 Å². The minimum Gasteiger partial charge on any atom is -0.480 e. The first-order chi connectivity index (χ1) is 3.72. The molecule has 0 radical (unpaired) electrons. The van der Waals surface area contributed by atoms with Crippen molar-refractivity contribution in [1.82, 2.24) is 0 Å². The van der Waals surface area contributed by atoms with E-state index in [1.807, 2.05) is 0 Å². The zero-order valence-electron chi connectivity index (χ0n) is 4.24. The molecule has 0 spiro atoms. The standard InChI is InChI=1S/C4H7NO2S/c1-5-3(2-8)4(6)7/h3,8H,1-2H2,(H,6,7)/t3-/m0/s1. The van der Waals surface area contributed by atoms with Crippen LogP contribution in [0.5, 0.6) is 0 Å². The van der Waals surface area contributed by atoms with E-state index in [4.69, 9.17) is 5.11 Å². The van der Waals surface area contributed by atoms with Crippen molar-refractivity contribution in [2.75, 3.05) is 5.75 Å². The molecule has 0 bridgehead atoms. The molecule has 0 unspecified atom stereocenters. The van der Waals surface area contributed by atoms with Crippen LogP contribution in [0.3, 0.4) is 0 Å². The SMILES string of the molecule is C=N[C@@H](CS)C(=O)O. The maximum Gasteiger partial charge on any atom is 0.329 e. The Morgan fingerprint density at radius 3 is 2.50 bits per heavy atom. The third-order valence-corrected chi connectivity index (χ3v) is 1.02. The molecular weight excluding hydrogens is 126 g/mol. The molecular formula is C4H7NO2S. The third-order valence-electron chi connectivity index (χ3n) is 0.678. The molecule has 0 saturated heterocycles. The molecule has 0 aliphatic carbocycles. The Morgan fingerprint density at radius 1 is 2.00 bits per heavy atom. The lowest BCUT2D eigenvalue weighted by Gasteiger charge is -1.98. The minimum absolute atomic E-state index is 0.207. The van der Waals surface area contributed by atoms with Crippen molar-refractivity contribution in [1.29, 1.82) is 0 Å². The van der Waals surface area contributed by atoms with E-state index < -0.39 is 12.0 Å². The molecule has 46 valence electrons. The van der Waals surface area contributed by atoms with Gasteiger partial charge in [0.1, 0.15) is 0 Å². The lowest BCUT2D eigenvalue weighted by molar-refractivity contribution is -0.137. The Kier molecular flexibility index (Phi) is 3.26. The fourth-order valence-corrected chi connectivity index (χ4v) is 0.486. The van der Waals surface area contributed by atoms with E-state index >= 15 is 0 Å². The number of carbonyl (C=O) groups is 1. The van der Waals surface area contributed by atoms with E-state index in [2.05, 4.69) is 24.3 Å². The van der Waals surface area contributed by atoms with Crippen LogP contribution in [0.2, 0.25) is 0 Å². The molecule has 0 aromatic heterocycles. The fourth-order valence-electron chi connectivity index (χ4n) is 0.214. The van der Waals surface area contributed by atoms with E-state index in [-0.39, 0.29) is 5.75 Å². The Labute approximate surface area is 52.8 Å². The van der Waals surface area contributed by atoms with Gasteiger partial charge in [-0.05, 0) is 6.72 Å². The highest BCUT2D eigenvalue weighted by atomic mass is 32.1. The summed E-state index contributed by atoms with van der Waals surface area (Å²) in [7, 11) is 0. The highest BCUT2D eigenvalue weighted by molar-refractivity contribution is 7.80. The van der Waals surface area contributed by atoms with Crippen LogP contribution in [0.1, 0.15) is 0 Å². The second-order valence-corrected chi connectivity index (χ2v) is 1.58. The van der Waals surface area contributed by atoms with Crippen molar-refractivity contribution < 1.29 is 9.90 Å². The Morgan fingerprint density at radius 2 is 2.50 bits per heavy atom. The highest BCUT2D eigenvalue weighted by Crippen LogP contribution is 1.91. The van der Waals surface area contributed by atoms with Gasteiger partial charge in [0.2, 0.25) is 0 Å². The molecule has 0 heterocycles. The van der Waals surface area contributed by atoms with Gasteiger partial charge in [0.05, 0.1) is 0 Å². The van der Waals surface area contributed by atoms with Crippen LogP contribution in [0, 0.1) is 0 Å². The number of hydrogen-bond acceptors (Lipinski definition) is 3. The quantitative estimate of drug-likeness (QED) is 0.423. The number of aliphatic carboxylic acids is 1. The Bertz CT molecular complexity index is 104. The molecule has 4 heteroatoms. The maximum atomic E-state index is 9.98. The van der Waals surface area contributed by atoms with Gasteiger partial charge in [0.25, 0.3) is 0 Å². The summed E-state index contributed by atoms with van der Waals surface area (Å²) in [6, 6.07) is -0.752. The number of nitrogens with zero attached hydrogens (tertiary/aromatic N) is 1. The molecule has 1 atom stereocenters. The van der Waals surface area contributed by atoms with Crippen molar-refractivity contribution in [3.05, 3.63) is 0 Å².